The molecule has 2 aliphatic carbocycles. The van der Waals surface area contributed by atoms with Crippen LogP contribution in [0.4, 0.5) is 0 Å². The van der Waals surface area contributed by atoms with E-state index in [2.05, 4.69) is 69.2 Å². The van der Waals surface area contributed by atoms with Gasteiger partial charge in [-0.3, -0.25) is 4.79 Å². The molecule has 2 heteroatoms. The maximum Gasteiger partial charge on any atom is 0.312 e. The van der Waals surface area contributed by atoms with Crippen molar-refractivity contribution in [2.24, 2.45) is 33.0 Å². The van der Waals surface area contributed by atoms with Crippen LogP contribution in [0.15, 0.2) is 0 Å². The van der Waals surface area contributed by atoms with E-state index in [1.807, 2.05) is 0 Å². The summed E-state index contributed by atoms with van der Waals surface area (Å²) >= 11 is 0. The van der Waals surface area contributed by atoms with Crippen molar-refractivity contribution in [2.45, 2.75) is 101 Å². The molecule has 0 aromatic heterocycles. The fourth-order valence-corrected chi connectivity index (χ4v) is 5.27. The Bertz CT molecular complexity index is 505. The summed E-state index contributed by atoms with van der Waals surface area (Å²) in [6, 6.07) is 0. The van der Waals surface area contributed by atoms with Gasteiger partial charge in [0.05, 0.1) is 5.41 Å². The highest BCUT2D eigenvalue weighted by atomic mass is 16.5. The van der Waals surface area contributed by atoms with Crippen molar-refractivity contribution in [1.82, 2.24) is 0 Å². The first kappa shape index (κ1) is 19.8. The van der Waals surface area contributed by atoms with Gasteiger partial charge in [-0.1, -0.05) is 62.3 Å². The molecule has 0 aromatic rings. The van der Waals surface area contributed by atoms with Crippen LogP contribution in [0.3, 0.4) is 0 Å². The van der Waals surface area contributed by atoms with Gasteiger partial charge >= 0.3 is 5.97 Å². The predicted molar refractivity (Wildman–Crippen MR) is 101 cm³/mol. The van der Waals surface area contributed by atoms with Crippen LogP contribution in [-0.4, -0.2) is 12.1 Å². The van der Waals surface area contributed by atoms with Crippen LogP contribution in [0.1, 0.15) is 94.9 Å². The van der Waals surface area contributed by atoms with Gasteiger partial charge in [-0.05, 0) is 54.8 Å². The van der Waals surface area contributed by atoms with E-state index >= 15 is 0 Å². The van der Waals surface area contributed by atoms with Gasteiger partial charge in [0.15, 0.2) is 0 Å². The molecule has 0 saturated heterocycles. The van der Waals surface area contributed by atoms with Gasteiger partial charge in [0.25, 0.3) is 0 Å². The SMILES string of the molecule is CC(C)(C)CC(C)(C(=O)OC1CC2CCC1(C)C2(C)C)C(C)(C)C. The van der Waals surface area contributed by atoms with E-state index in [0.717, 1.165) is 12.8 Å². The molecule has 0 N–H and O–H groups in total. The van der Waals surface area contributed by atoms with Crippen molar-refractivity contribution in [1.29, 1.82) is 0 Å². The Balaban J connectivity index is 2.24. The summed E-state index contributed by atoms with van der Waals surface area (Å²) in [5, 5.41) is 0. The van der Waals surface area contributed by atoms with Gasteiger partial charge in [0.1, 0.15) is 6.10 Å². The first-order valence-corrected chi connectivity index (χ1v) is 9.76. The highest BCUT2D eigenvalue weighted by molar-refractivity contribution is 5.77. The van der Waals surface area contributed by atoms with Crippen LogP contribution < -0.4 is 0 Å². The Kier molecular flexibility index (Phi) is 4.52. The third-order valence-electron chi connectivity index (χ3n) is 7.95. The van der Waals surface area contributed by atoms with E-state index < -0.39 is 5.41 Å². The lowest BCUT2D eigenvalue weighted by Gasteiger charge is -2.45. The fourth-order valence-electron chi connectivity index (χ4n) is 5.27. The monoisotopic (exact) mass is 336 g/mol. The zero-order chi connectivity index (χ0) is 18.8. The second-order valence-corrected chi connectivity index (χ2v) is 11.8. The summed E-state index contributed by atoms with van der Waals surface area (Å²) in [6.45, 7) is 22.4. The Morgan fingerprint density at radius 1 is 1.04 bits per heavy atom. The topological polar surface area (TPSA) is 26.3 Å². The van der Waals surface area contributed by atoms with E-state index in [4.69, 9.17) is 4.74 Å². The summed E-state index contributed by atoms with van der Waals surface area (Å²) in [5.74, 6) is 0.711. The molecule has 4 atom stereocenters. The molecule has 2 aliphatic rings. The summed E-state index contributed by atoms with van der Waals surface area (Å²) in [5.41, 5.74) is -0.0775. The minimum Gasteiger partial charge on any atom is -0.461 e. The molecular formula is C22H40O2. The van der Waals surface area contributed by atoms with E-state index in [1.165, 1.54) is 12.8 Å². The van der Waals surface area contributed by atoms with Gasteiger partial charge in [-0.15, -0.1) is 0 Å². The van der Waals surface area contributed by atoms with Gasteiger partial charge < -0.3 is 4.74 Å². The molecule has 4 unspecified atom stereocenters. The molecule has 0 heterocycles. The third-order valence-corrected chi connectivity index (χ3v) is 7.95. The number of carbonyl (C=O) groups is 1. The molecule has 0 aliphatic heterocycles. The number of rotatable bonds is 3. The Morgan fingerprint density at radius 3 is 1.92 bits per heavy atom. The maximum absolute atomic E-state index is 13.4. The molecule has 2 bridgehead atoms. The number of fused-ring (bicyclic) bond motifs is 2. The van der Waals surface area contributed by atoms with Crippen LogP contribution in [0.2, 0.25) is 0 Å². The lowest BCUT2D eigenvalue weighted by atomic mass is 9.61. The minimum atomic E-state index is -0.465. The molecule has 2 rings (SSSR count). The Hall–Kier alpha value is -0.530. The number of carbonyl (C=O) groups excluding carboxylic acids is 1. The van der Waals surface area contributed by atoms with Gasteiger partial charge in [0, 0.05) is 5.41 Å². The molecular weight excluding hydrogens is 296 g/mol. The lowest BCUT2D eigenvalue weighted by molar-refractivity contribution is -0.178. The fraction of sp³-hybridized carbons (Fsp3) is 0.955. The second-order valence-electron chi connectivity index (χ2n) is 11.8. The van der Waals surface area contributed by atoms with Crippen LogP contribution in [0.25, 0.3) is 0 Å². The van der Waals surface area contributed by atoms with E-state index in [1.54, 1.807) is 0 Å². The molecule has 0 aromatic carbocycles. The summed E-state index contributed by atoms with van der Waals surface area (Å²) in [7, 11) is 0. The number of hydrogen-bond acceptors (Lipinski definition) is 2. The van der Waals surface area contributed by atoms with E-state index in [0.29, 0.717) is 5.92 Å². The molecule has 2 fully saturated rings. The highest BCUT2D eigenvalue weighted by Crippen LogP contribution is 2.66. The standard InChI is InChI=1S/C22H40O2/c1-18(2,3)14-22(10,19(4,5)6)17(23)24-16-13-15-11-12-21(16,9)20(15,7)8/h15-16H,11-14H2,1-10H3. The lowest BCUT2D eigenvalue weighted by Crippen LogP contribution is -2.47. The van der Waals surface area contributed by atoms with Crippen molar-refractivity contribution in [3.05, 3.63) is 0 Å². The van der Waals surface area contributed by atoms with Crippen molar-refractivity contribution >= 4 is 5.97 Å². The molecule has 0 amide bonds. The zero-order valence-electron chi connectivity index (χ0n) is 17.8. The predicted octanol–water partition coefficient (Wildman–Crippen LogP) is 6.23. The molecule has 2 nitrogen and oxygen atoms in total. The average Bonchev–Trinajstić information content (AvgIpc) is 2.68. The average molecular weight is 337 g/mol. The minimum absolute atomic E-state index is 0.0134. The van der Waals surface area contributed by atoms with Crippen molar-refractivity contribution in [2.75, 3.05) is 0 Å². The van der Waals surface area contributed by atoms with E-state index in [9.17, 15) is 4.79 Å². The smallest absolute Gasteiger partial charge is 0.312 e. The Labute approximate surface area is 150 Å². The van der Waals surface area contributed by atoms with Crippen LogP contribution >= 0.6 is 0 Å². The van der Waals surface area contributed by atoms with Gasteiger partial charge in [-0.25, -0.2) is 0 Å². The van der Waals surface area contributed by atoms with Crippen LogP contribution in [0.5, 0.6) is 0 Å². The van der Waals surface area contributed by atoms with Crippen LogP contribution in [0, 0.1) is 33.0 Å². The molecule has 24 heavy (non-hydrogen) atoms. The number of hydrogen-bond donors (Lipinski definition) is 0. The first-order chi connectivity index (χ1) is 10.5. The van der Waals surface area contributed by atoms with E-state index in [-0.39, 0.29) is 33.7 Å². The molecule has 0 radical (unpaired) electrons. The largest absolute Gasteiger partial charge is 0.461 e. The second kappa shape index (κ2) is 5.48. The number of esters is 1. The van der Waals surface area contributed by atoms with Gasteiger partial charge in [0.2, 0.25) is 0 Å². The maximum atomic E-state index is 13.4. The highest BCUT2D eigenvalue weighted by Gasteiger charge is 2.63. The number of ether oxygens (including phenoxy) is 1. The van der Waals surface area contributed by atoms with Crippen molar-refractivity contribution < 1.29 is 9.53 Å². The van der Waals surface area contributed by atoms with Crippen molar-refractivity contribution in [3.63, 3.8) is 0 Å². The molecule has 2 saturated carbocycles. The molecule has 140 valence electrons. The summed E-state index contributed by atoms with van der Waals surface area (Å²) in [4.78, 5) is 13.4. The summed E-state index contributed by atoms with van der Waals surface area (Å²) in [6.07, 6.45) is 4.45. The van der Waals surface area contributed by atoms with Gasteiger partial charge in [-0.2, -0.15) is 0 Å². The molecule has 0 spiro atoms. The third kappa shape index (κ3) is 2.92. The quantitative estimate of drug-likeness (QED) is 0.571. The summed E-state index contributed by atoms with van der Waals surface area (Å²) < 4.78 is 6.28. The van der Waals surface area contributed by atoms with Crippen LogP contribution in [-0.2, 0) is 9.53 Å². The zero-order valence-corrected chi connectivity index (χ0v) is 17.8. The van der Waals surface area contributed by atoms with Crippen molar-refractivity contribution in [3.8, 4) is 0 Å². The normalized spacial score (nSPS) is 34.9. The Morgan fingerprint density at radius 2 is 1.58 bits per heavy atom. The first-order valence-electron chi connectivity index (χ1n) is 9.76.